The Morgan fingerprint density at radius 1 is 1.19 bits per heavy atom. The van der Waals surface area contributed by atoms with Gasteiger partial charge in [0.2, 0.25) is 0 Å². The Morgan fingerprint density at radius 2 is 1.92 bits per heavy atom. The first-order valence-electron chi connectivity index (χ1n) is 8.65. The molecular weight excluding hydrogens is 326 g/mol. The minimum atomic E-state index is -0.206. The third kappa shape index (κ3) is 3.68. The van der Waals surface area contributed by atoms with Crippen LogP contribution >= 0.6 is 0 Å². The Bertz CT molecular complexity index is 911. The smallest absolute Gasteiger partial charge is 0.259 e. The molecular formula is C21H23N3O2. The first-order valence-corrected chi connectivity index (χ1v) is 8.65. The van der Waals surface area contributed by atoms with Gasteiger partial charge in [0.1, 0.15) is 0 Å². The number of hydrogen-bond donors (Lipinski definition) is 2. The lowest BCUT2D eigenvalue weighted by Gasteiger charge is -2.13. The standard InChI is InChI=1S/C21H23N3O2/c1-14(2)20-19(12-22-24(20)18-9-7-15(3)8-10-18)21(26)23-17-6-4-5-16(11-17)13-25/h4-12,14,25H,13H2,1-3H3,(H,23,26). The van der Waals surface area contributed by atoms with Crippen LogP contribution in [0.3, 0.4) is 0 Å². The molecule has 3 aromatic rings. The van der Waals surface area contributed by atoms with Gasteiger partial charge >= 0.3 is 0 Å². The lowest BCUT2D eigenvalue weighted by Crippen LogP contribution is -2.15. The van der Waals surface area contributed by atoms with Gasteiger partial charge in [-0.25, -0.2) is 4.68 Å². The van der Waals surface area contributed by atoms with Crippen molar-refractivity contribution < 1.29 is 9.90 Å². The zero-order valence-electron chi connectivity index (χ0n) is 15.2. The molecule has 26 heavy (non-hydrogen) atoms. The molecule has 0 unspecified atom stereocenters. The molecule has 1 heterocycles. The van der Waals surface area contributed by atoms with E-state index in [2.05, 4.69) is 10.4 Å². The zero-order chi connectivity index (χ0) is 18.7. The van der Waals surface area contributed by atoms with Crippen LogP contribution in [0.4, 0.5) is 5.69 Å². The average molecular weight is 349 g/mol. The number of amides is 1. The quantitative estimate of drug-likeness (QED) is 0.730. The third-order valence-corrected chi connectivity index (χ3v) is 4.24. The first kappa shape index (κ1) is 17.9. The van der Waals surface area contributed by atoms with Crippen LogP contribution in [-0.2, 0) is 6.61 Å². The molecule has 0 spiro atoms. The normalized spacial score (nSPS) is 11.0. The SMILES string of the molecule is Cc1ccc(-n2ncc(C(=O)Nc3cccc(CO)c3)c2C(C)C)cc1. The molecule has 0 aliphatic rings. The van der Waals surface area contributed by atoms with Crippen molar-refractivity contribution in [1.29, 1.82) is 0 Å². The number of carbonyl (C=O) groups excluding carboxylic acids is 1. The molecule has 0 saturated carbocycles. The molecule has 2 N–H and O–H groups in total. The number of anilines is 1. The van der Waals surface area contributed by atoms with Crippen molar-refractivity contribution in [2.24, 2.45) is 0 Å². The molecule has 0 fully saturated rings. The second kappa shape index (κ2) is 7.54. The first-order chi connectivity index (χ1) is 12.5. The number of hydrogen-bond acceptors (Lipinski definition) is 3. The number of nitrogens with zero attached hydrogens (tertiary/aromatic N) is 2. The monoisotopic (exact) mass is 349 g/mol. The summed E-state index contributed by atoms with van der Waals surface area (Å²) in [5.74, 6) is -0.0783. The minimum absolute atomic E-state index is 0.0632. The molecule has 5 nitrogen and oxygen atoms in total. The highest BCUT2D eigenvalue weighted by Crippen LogP contribution is 2.24. The number of benzene rings is 2. The van der Waals surface area contributed by atoms with Gasteiger partial charge in [0, 0.05) is 5.69 Å². The minimum Gasteiger partial charge on any atom is -0.392 e. The molecule has 0 aliphatic heterocycles. The van der Waals surface area contributed by atoms with E-state index in [0.717, 1.165) is 16.9 Å². The van der Waals surface area contributed by atoms with Crippen LogP contribution in [0.2, 0.25) is 0 Å². The number of aryl methyl sites for hydroxylation is 1. The molecule has 0 aliphatic carbocycles. The van der Waals surface area contributed by atoms with Crippen LogP contribution in [0.25, 0.3) is 5.69 Å². The summed E-state index contributed by atoms with van der Waals surface area (Å²) in [5, 5.41) is 16.6. The van der Waals surface area contributed by atoms with Crippen LogP contribution in [-0.4, -0.2) is 20.8 Å². The van der Waals surface area contributed by atoms with Crippen LogP contribution in [0, 0.1) is 6.92 Å². The number of aliphatic hydroxyl groups is 1. The fourth-order valence-corrected chi connectivity index (χ4v) is 2.93. The van der Waals surface area contributed by atoms with Gasteiger partial charge in [-0.15, -0.1) is 0 Å². The van der Waals surface area contributed by atoms with Crippen molar-refractivity contribution in [1.82, 2.24) is 9.78 Å². The molecule has 134 valence electrons. The summed E-state index contributed by atoms with van der Waals surface area (Å²) in [6.45, 7) is 6.07. The summed E-state index contributed by atoms with van der Waals surface area (Å²) in [4.78, 5) is 12.8. The van der Waals surface area contributed by atoms with E-state index in [-0.39, 0.29) is 18.4 Å². The second-order valence-electron chi connectivity index (χ2n) is 6.66. The highest BCUT2D eigenvalue weighted by molar-refractivity contribution is 6.05. The summed E-state index contributed by atoms with van der Waals surface area (Å²) in [6, 6.07) is 15.2. The predicted octanol–water partition coefficient (Wildman–Crippen LogP) is 4.05. The highest BCUT2D eigenvalue weighted by Gasteiger charge is 2.21. The van der Waals surface area contributed by atoms with Crippen LogP contribution in [0.5, 0.6) is 0 Å². The van der Waals surface area contributed by atoms with Crippen molar-refractivity contribution in [3.63, 3.8) is 0 Å². The number of nitrogens with one attached hydrogen (secondary N) is 1. The Morgan fingerprint density at radius 3 is 2.58 bits per heavy atom. The van der Waals surface area contributed by atoms with E-state index < -0.39 is 0 Å². The maximum Gasteiger partial charge on any atom is 0.259 e. The van der Waals surface area contributed by atoms with E-state index in [1.165, 1.54) is 5.56 Å². The summed E-state index contributed by atoms with van der Waals surface area (Å²) in [5.41, 5.74) is 4.93. The molecule has 1 amide bonds. The largest absolute Gasteiger partial charge is 0.392 e. The average Bonchev–Trinajstić information content (AvgIpc) is 3.08. The lowest BCUT2D eigenvalue weighted by molar-refractivity contribution is 0.102. The molecule has 2 aromatic carbocycles. The molecule has 0 atom stereocenters. The third-order valence-electron chi connectivity index (χ3n) is 4.24. The van der Waals surface area contributed by atoms with Crippen LogP contribution in [0.1, 0.15) is 46.9 Å². The molecule has 3 rings (SSSR count). The molecule has 0 saturated heterocycles. The van der Waals surface area contributed by atoms with E-state index in [4.69, 9.17) is 0 Å². The molecule has 0 radical (unpaired) electrons. The van der Waals surface area contributed by atoms with E-state index in [0.29, 0.717) is 11.3 Å². The Kier molecular flexibility index (Phi) is 5.19. The summed E-state index contributed by atoms with van der Waals surface area (Å²) >= 11 is 0. The van der Waals surface area contributed by atoms with Gasteiger partial charge < -0.3 is 10.4 Å². The van der Waals surface area contributed by atoms with Crippen LogP contribution in [0.15, 0.2) is 54.7 Å². The summed E-state index contributed by atoms with van der Waals surface area (Å²) < 4.78 is 1.82. The number of carbonyl (C=O) groups is 1. The van der Waals surface area contributed by atoms with Crippen molar-refractivity contribution in [3.05, 3.63) is 77.1 Å². The number of aromatic nitrogens is 2. The van der Waals surface area contributed by atoms with Gasteiger partial charge in [0.05, 0.1) is 29.7 Å². The summed E-state index contributed by atoms with van der Waals surface area (Å²) in [7, 11) is 0. The van der Waals surface area contributed by atoms with Crippen LogP contribution < -0.4 is 5.32 Å². The Balaban J connectivity index is 1.94. The van der Waals surface area contributed by atoms with Crippen molar-refractivity contribution in [3.8, 4) is 5.69 Å². The second-order valence-corrected chi connectivity index (χ2v) is 6.66. The maximum atomic E-state index is 12.8. The van der Waals surface area contributed by atoms with E-state index in [1.54, 1.807) is 24.4 Å². The van der Waals surface area contributed by atoms with Crippen molar-refractivity contribution >= 4 is 11.6 Å². The highest BCUT2D eigenvalue weighted by atomic mass is 16.3. The molecule has 5 heteroatoms. The van der Waals surface area contributed by atoms with E-state index in [9.17, 15) is 9.90 Å². The fourth-order valence-electron chi connectivity index (χ4n) is 2.93. The Hall–Kier alpha value is -2.92. The zero-order valence-corrected chi connectivity index (χ0v) is 15.2. The molecule has 1 aromatic heterocycles. The van der Waals surface area contributed by atoms with Gasteiger partial charge in [-0.1, -0.05) is 43.7 Å². The van der Waals surface area contributed by atoms with E-state index in [1.807, 2.05) is 55.8 Å². The lowest BCUT2D eigenvalue weighted by atomic mass is 10.0. The fraction of sp³-hybridized carbons (Fsp3) is 0.238. The molecule has 0 bridgehead atoms. The van der Waals surface area contributed by atoms with Gasteiger partial charge in [-0.2, -0.15) is 5.10 Å². The number of rotatable bonds is 5. The van der Waals surface area contributed by atoms with E-state index >= 15 is 0 Å². The van der Waals surface area contributed by atoms with Crippen molar-refractivity contribution in [2.45, 2.75) is 33.3 Å². The van der Waals surface area contributed by atoms with Gasteiger partial charge in [-0.3, -0.25) is 4.79 Å². The number of aliphatic hydroxyl groups excluding tert-OH is 1. The van der Waals surface area contributed by atoms with Gasteiger partial charge in [-0.05, 0) is 42.7 Å². The van der Waals surface area contributed by atoms with Gasteiger partial charge in [0.15, 0.2) is 0 Å². The maximum absolute atomic E-state index is 12.8. The topological polar surface area (TPSA) is 67.2 Å². The Labute approximate surface area is 153 Å². The van der Waals surface area contributed by atoms with Gasteiger partial charge in [0.25, 0.3) is 5.91 Å². The predicted molar refractivity (Wildman–Crippen MR) is 103 cm³/mol. The summed E-state index contributed by atoms with van der Waals surface area (Å²) in [6.07, 6.45) is 1.61. The van der Waals surface area contributed by atoms with Crippen molar-refractivity contribution in [2.75, 3.05) is 5.32 Å².